The van der Waals surface area contributed by atoms with Crippen molar-refractivity contribution in [2.75, 3.05) is 14.2 Å². The summed E-state index contributed by atoms with van der Waals surface area (Å²) in [6.07, 6.45) is 0. The van der Waals surface area contributed by atoms with Crippen molar-refractivity contribution in [1.82, 2.24) is 4.98 Å². The molecular formula is C12H12ClNO2. The molecule has 0 saturated heterocycles. The van der Waals surface area contributed by atoms with E-state index < -0.39 is 0 Å². The molecule has 16 heavy (non-hydrogen) atoms. The zero-order chi connectivity index (χ0) is 11.7. The van der Waals surface area contributed by atoms with E-state index in [4.69, 9.17) is 21.1 Å². The molecule has 0 atom stereocenters. The van der Waals surface area contributed by atoms with Gasteiger partial charge in [-0.2, -0.15) is 0 Å². The number of hydrogen-bond acceptors (Lipinski definition) is 3. The SMILES string of the molecule is COc1cc(OC)c2c(Cl)cc(C)nc2c1. The van der Waals surface area contributed by atoms with Gasteiger partial charge >= 0.3 is 0 Å². The Bertz CT molecular complexity index is 540. The number of rotatable bonds is 2. The maximum atomic E-state index is 6.18. The Morgan fingerprint density at radius 3 is 2.50 bits per heavy atom. The van der Waals surface area contributed by atoms with E-state index in [1.54, 1.807) is 20.3 Å². The molecule has 1 aromatic heterocycles. The Hall–Kier alpha value is -1.48. The van der Waals surface area contributed by atoms with Gasteiger partial charge < -0.3 is 9.47 Å². The topological polar surface area (TPSA) is 31.4 Å². The monoisotopic (exact) mass is 237 g/mol. The number of benzene rings is 1. The number of methoxy groups -OCH3 is 2. The lowest BCUT2D eigenvalue weighted by atomic mass is 10.1. The minimum absolute atomic E-state index is 0.641. The van der Waals surface area contributed by atoms with Crippen molar-refractivity contribution in [2.24, 2.45) is 0 Å². The minimum Gasteiger partial charge on any atom is -0.497 e. The van der Waals surface area contributed by atoms with Gasteiger partial charge in [0.25, 0.3) is 0 Å². The second-order valence-corrected chi connectivity index (χ2v) is 3.88. The number of ether oxygens (including phenoxy) is 2. The highest BCUT2D eigenvalue weighted by atomic mass is 35.5. The number of pyridine rings is 1. The van der Waals surface area contributed by atoms with Crippen LogP contribution in [0.2, 0.25) is 5.02 Å². The Balaban J connectivity index is 2.83. The summed E-state index contributed by atoms with van der Waals surface area (Å²) in [5.74, 6) is 1.38. The summed E-state index contributed by atoms with van der Waals surface area (Å²) in [6.45, 7) is 1.90. The first kappa shape index (κ1) is 11.0. The van der Waals surface area contributed by atoms with Crippen LogP contribution < -0.4 is 9.47 Å². The Morgan fingerprint density at radius 2 is 1.88 bits per heavy atom. The largest absolute Gasteiger partial charge is 0.497 e. The summed E-state index contributed by atoms with van der Waals surface area (Å²) in [5, 5.41) is 1.46. The molecule has 0 saturated carbocycles. The van der Waals surface area contributed by atoms with E-state index in [0.717, 1.165) is 16.6 Å². The lowest BCUT2D eigenvalue weighted by Gasteiger charge is -2.10. The zero-order valence-electron chi connectivity index (χ0n) is 9.37. The molecule has 4 heteroatoms. The first-order valence-electron chi connectivity index (χ1n) is 4.84. The quantitative estimate of drug-likeness (QED) is 0.804. The number of nitrogens with zero attached hydrogens (tertiary/aromatic N) is 1. The van der Waals surface area contributed by atoms with Gasteiger partial charge in [0, 0.05) is 17.8 Å². The van der Waals surface area contributed by atoms with Crippen LogP contribution in [0.3, 0.4) is 0 Å². The highest BCUT2D eigenvalue weighted by molar-refractivity contribution is 6.36. The van der Waals surface area contributed by atoms with Gasteiger partial charge in [0.2, 0.25) is 0 Å². The van der Waals surface area contributed by atoms with E-state index in [2.05, 4.69) is 4.98 Å². The van der Waals surface area contributed by atoms with Gasteiger partial charge in [-0.1, -0.05) is 11.6 Å². The fraction of sp³-hybridized carbons (Fsp3) is 0.250. The second kappa shape index (κ2) is 4.18. The molecule has 0 amide bonds. The van der Waals surface area contributed by atoms with Crippen LogP contribution in [-0.4, -0.2) is 19.2 Å². The maximum absolute atomic E-state index is 6.18. The normalized spacial score (nSPS) is 10.5. The molecule has 0 unspecified atom stereocenters. The molecule has 2 aromatic rings. The molecule has 0 aliphatic heterocycles. The van der Waals surface area contributed by atoms with Crippen molar-refractivity contribution < 1.29 is 9.47 Å². The molecule has 1 aromatic carbocycles. The average Bonchev–Trinajstić information content (AvgIpc) is 2.26. The number of hydrogen-bond donors (Lipinski definition) is 0. The molecule has 0 fully saturated rings. The van der Waals surface area contributed by atoms with Crippen molar-refractivity contribution >= 4 is 22.5 Å². The summed E-state index contributed by atoms with van der Waals surface area (Å²) < 4.78 is 10.5. The van der Waals surface area contributed by atoms with Crippen LogP contribution in [0.4, 0.5) is 0 Å². The summed E-state index contributed by atoms with van der Waals surface area (Å²) in [7, 11) is 3.21. The smallest absolute Gasteiger partial charge is 0.133 e. The van der Waals surface area contributed by atoms with Gasteiger partial charge in [-0.15, -0.1) is 0 Å². The second-order valence-electron chi connectivity index (χ2n) is 3.47. The standard InChI is InChI=1S/C12H12ClNO2/c1-7-4-9(13)12-10(14-7)5-8(15-2)6-11(12)16-3/h4-6H,1-3H3. The van der Waals surface area contributed by atoms with Crippen LogP contribution in [0.25, 0.3) is 10.9 Å². The van der Waals surface area contributed by atoms with Crippen LogP contribution in [-0.2, 0) is 0 Å². The van der Waals surface area contributed by atoms with Crippen LogP contribution in [0.5, 0.6) is 11.5 Å². The van der Waals surface area contributed by atoms with Crippen molar-refractivity contribution in [3.63, 3.8) is 0 Å². The van der Waals surface area contributed by atoms with Crippen molar-refractivity contribution in [3.8, 4) is 11.5 Å². The van der Waals surface area contributed by atoms with E-state index in [-0.39, 0.29) is 0 Å². The van der Waals surface area contributed by atoms with Crippen molar-refractivity contribution in [2.45, 2.75) is 6.92 Å². The molecule has 0 aliphatic carbocycles. The highest BCUT2D eigenvalue weighted by Gasteiger charge is 2.10. The number of aryl methyl sites for hydroxylation is 1. The zero-order valence-corrected chi connectivity index (χ0v) is 10.1. The van der Waals surface area contributed by atoms with Crippen LogP contribution in [0.15, 0.2) is 18.2 Å². The van der Waals surface area contributed by atoms with E-state index in [0.29, 0.717) is 16.5 Å². The van der Waals surface area contributed by atoms with E-state index in [1.165, 1.54) is 0 Å². The predicted molar refractivity (Wildman–Crippen MR) is 64.6 cm³/mol. The molecule has 1 heterocycles. The highest BCUT2D eigenvalue weighted by Crippen LogP contribution is 2.35. The minimum atomic E-state index is 0.641. The lowest BCUT2D eigenvalue weighted by molar-refractivity contribution is 0.398. The molecule has 3 nitrogen and oxygen atoms in total. The molecule has 0 bridgehead atoms. The van der Waals surface area contributed by atoms with Crippen LogP contribution in [0, 0.1) is 6.92 Å². The van der Waals surface area contributed by atoms with Crippen molar-refractivity contribution in [1.29, 1.82) is 0 Å². The third-order valence-electron chi connectivity index (χ3n) is 2.38. The van der Waals surface area contributed by atoms with Gasteiger partial charge in [-0.05, 0) is 13.0 Å². The Morgan fingerprint density at radius 1 is 1.12 bits per heavy atom. The fourth-order valence-electron chi connectivity index (χ4n) is 1.66. The summed E-state index contributed by atoms with van der Waals surface area (Å²) in [5.41, 5.74) is 1.65. The van der Waals surface area contributed by atoms with E-state index in [1.807, 2.05) is 19.1 Å². The number of halogens is 1. The third-order valence-corrected chi connectivity index (χ3v) is 2.68. The first-order chi connectivity index (χ1) is 7.65. The molecule has 0 N–H and O–H groups in total. The summed E-state index contributed by atoms with van der Waals surface area (Å²) in [6, 6.07) is 5.46. The molecule has 2 rings (SSSR count). The van der Waals surface area contributed by atoms with Gasteiger partial charge in [0.1, 0.15) is 11.5 Å². The average molecular weight is 238 g/mol. The molecule has 84 valence electrons. The van der Waals surface area contributed by atoms with Gasteiger partial charge in [0.15, 0.2) is 0 Å². The van der Waals surface area contributed by atoms with Gasteiger partial charge in [0.05, 0.1) is 30.1 Å². The summed E-state index contributed by atoms with van der Waals surface area (Å²) in [4.78, 5) is 4.41. The van der Waals surface area contributed by atoms with Crippen molar-refractivity contribution in [3.05, 3.63) is 28.9 Å². The van der Waals surface area contributed by atoms with Crippen LogP contribution in [0.1, 0.15) is 5.69 Å². The molecule has 0 aliphatic rings. The maximum Gasteiger partial charge on any atom is 0.133 e. The molecule has 0 radical (unpaired) electrons. The van der Waals surface area contributed by atoms with E-state index in [9.17, 15) is 0 Å². The number of aromatic nitrogens is 1. The predicted octanol–water partition coefficient (Wildman–Crippen LogP) is 3.21. The number of fused-ring (bicyclic) bond motifs is 1. The molecule has 0 spiro atoms. The summed E-state index contributed by atoms with van der Waals surface area (Å²) >= 11 is 6.18. The first-order valence-corrected chi connectivity index (χ1v) is 5.22. The van der Waals surface area contributed by atoms with Gasteiger partial charge in [-0.3, -0.25) is 4.98 Å². The van der Waals surface area contributed by atoms with E-state index >= 15 is 0 Å². The van der Waals surface area contributed by atoms with Gasteiger partial charge in [-0.25, -0.2) is 0 Å². The Labute approximate surface area is 99.0 Å². The third kappa shape index (κ3) is 1.78. The van der Waals surface area contributed by atoms with Crippen LogP contribution >= 0.6 is 11.6 Å². The lowest BCUT2D eigenvalue weighted by Crippen LogP contribution is -1.92. The fourth-order valence-corrected chi connectivity index (χ4v) is 2.01. The molecular weight excluding hydrogens is 226 g/mol. The Kier molecular flexibility index (Phi) is 2.88.